The van der Waals surface area contributed by atoms with Crippen LogP contribution in [0, 0.1) is 11.8 Å². The summed E-state index contributed by atoms with van der Waals surface area (Å²) in [7, 11) is 4.05. The average molecular weight is 417 g/mol. The zero-order chi connectivity index (χ0) is 21.0. The lowest BCUT2D eigenvalue weighted by Gasteiger charge is -2.35. The molecule has 2 heterocycles. The fraction of sp³-hybridized carbons (Fsp3) is 0.591. The molecule has 6 nitrogen and oxygen atoms in total. The van der Waals surface area contributed by atoms with E-state index in [1.807, 2.05) is 43.3 Å². The lowest BCUT2D eigenvalue weighted by molar-refractivity contribution is -0.130. The molecule has 0 spiro atoms. The van der Waals surface area contributed by atoms with Crippen molar-refractivity contribution in [2.24, 2.45) is 11.8 Å². The highest BCUT2D eigenvalue weighted by molar-refractivity contribution is 7.99. The first kappa shape index (κ1) is 21.8. The van der Waals surface area contributed by atoms with Crippen molar-refractivity contribution in [3.05, 3.63) is 34.6 Å². The molecule has 1 fully saturated rings. The van der Waals surface area contributed by atoms with Crippen LogP contribution in [0.4, 0.5) is 0 Å². The Labute approximate surface area is 177 Å². The van der Waals surface area contributed by atoms with Gasteiger partial charge in [0.05, 0.1) is 16.7 Å². The highest BCUT2D eigenvalue weighted by Crippen LogP contribution is 2.23. The van der Waals surface area contributed by atoms with Gasteiger partial charge in [0.15, 0.2) is 5.16 Å². The van der Waals surface area contributed by atoms with Crippen LogP contribution in [0.5, 0.6) is 0 Å². The number of fused-ring (bicyclic) bond motifs is 1. The fourth-order valence-electron chi connectivity index (χ4n) is 4.08. The molecule has 2 aromatic rings. The number of rotatable bonds is 7. The highest BCUT2D eigenvalue weighted by atomic mass is 32.2. The van der Waals surface area contributed by atoms with Crippen LogP contribution >= 0.6 is 11.8 Å². The van der Waals surface area contributed by atoms with Gasteiger partial charge in [0.2, 0.25) is 5.91 Å². The number of piperidine rings is 1. The summed E-state index contributed by atoms with van der Waals surface area (Å²) in [6.07, 6.45) is 2.03. The van der Waals surface area contributed by atoms with Gasteiger partial charge in [-0.3, -0.25) is 14.2 Å². The molecule has 158 valence electrons. The lowest BCUT2D eigenvalue weighted by atomic mass is 9.92. The summed E-state index contributed by atoms with van der Waals surface area (Å²) in [5, 5.41) is 1.27. The number of aromatic nitrogens is 2. The summed E-state index contributed by atoms with van der Waals surface area (Å²) in [6, 6.07) is 7.44. The zero-order valence-corrected chi connectivity index (χ0v) is 18.7. The van der Waals surface area contributed by atoms with Crippen LogP contribution in [0.3, 0.4) is 0 Å². The molecular formula is C22H32N4O2S. The summed E-state index contributed by atoms with van der Waals surface area (Å²) in [4.78, 5) is 34.7. The average Bonchev–Trinajstić information content (AvgIpc) is 2.67. The molecule has 0 radical (unpaired) electrons. The molecule has 1 aliphatic rings. The van der Waals surface area contributed by atoms with Crippen molar-refractivity contribution in [2.45, 2.75) is 38.4 Å². The van der Waals surface area contributed by atoms with Crippen LogP contribution in [0.2, 0.25) is 0 Å². The first-order valence-electron chi connectivity index (χ1n) is 10.4. The second-order valence-electron chi connectivity index (χ2n) is 8.56. The van der Waals surface area contributed by atoms with E-state index in [1.54, 1.807) is 4.57 Å². The monoisotopic (exact) mass is 416 g/mol. The van der Waals surface area contributed by atoms with E-state index in [0.29, 0.717) is 40.2 Å². The third-order valence-corrected chi connectivity index (χ3v) is 6.32. The van der Waals surface area contributed by atoms with E-state index in [2.05, 4.69) is 18.7 Å². The number of nitrogens with zero attached hydrogens (tertiary/aromatic N) is 4. The van der Waals surface area contributed by atoms with Gasteiger partial charge in [-0.05, 0) is 57.5 Å². The molecule has 1 aromatic heterocycles. The Morgan fingerprint density at radius 1 is 1.21 bits per heavy atom. The molecule has 3 rings (SSSR count). The predicted molar refractivity (Wildman–Crippen MR) is 119 cm³/mol. The van der Waals surface area contributed by atoms with E-state index in [9.17, 15) is 9.59 Å². The number of hydrogen-bond acceptors (Lipinski definition) is 5. The summed E-state index contributed by atoms with van der Waals surface area (Å²) in [6.45, 7) is 7.55. The molecule has 1 aromatic carbocycles. The third kappa shape index (κ3) is 5.60. The van der Waals surface area contributed by atoms with Gasteiger partial charge in [-0.25, -0.2) is 4.98 Å². The van der Waals surface area contributed by atoms with Crippen LogP contribution in [0.1, 0.15) is 26.7 Å². The number of likely N-dealkylation sites (tertiary alicyclic amines) is 1. The first-order chi connectivity index (χ1) is 13.8. The minimum absolute atomic E-state index is 0.0236. The maximum atomic E-state index is 13.1. The first-order valence-corrected chi connectivity index (χ1v) is 11.4. The Morgan fingerprint density at radius 3 is 2.59 bits per heavy atom. The Kier molecular flexibility index (Phi) is 7.35. The molecule has 0 aliphatic carbocycles. The van der Waals surface area contributed by atoms with E-state index in [0.717, 1.165) is 26.1 Å². The smallest absolute Gasteiger partial charge is 0.262 e. The van der Waals surface area contributed by atoms with Crippen molar-refractivity contribution in [1.82, 2.24) is 19.4 Å². The number of carbonyl (C=O) groups is 1. The summed E-state index contributed by atoms with van der Waals surface area (Å²) in [5.74, 6) is 1.53. The van der Waals surface area contributed by atoms with E-state index in [-0.39, 0.29) is 11.5 Å². The van der Waals surface area contributed by atoms with Crippen molar-refractivity contribution in [2.75, 3.05) is 39.5 Å². The van der Waals surface area contributed by atoms with E-state index >= 15 is 0 Å². The molecule has 2 atom stereocenters. The molecule has 1 saturated heterocycles. The minimum atomic E-state index is -0.0236. The number of para-hydroxylation sites is 1. The van der Waals surface area contributed by atoms with Crippen LogP contribution in [0.25, 0.3) is 10.9 Å². The number of amides is 1. The Hall–Kier alpha value is -1.86. The highest BCUT2D eigenvalue weighted by Gasteiger charge is 2.25. The van der Waals surface area contributed by atoms with Gasteiger partial charge in [-0.15, -0.1) is 0 Å². The SMILES string of the molecule is C[C@@H]1C[C@H](C)CN(C(=O)CSc2nc3ccccc3c(=O)n2CCCN(C)C)C1. The number of carbonyl (C=O) groups excluding carboxylic acids is 1. The summed E-state index contributed by atoms with van der Waals surface area (Å²) in [5.41, 5.74) is 0.668. The van der Waals surface area contributed by atoms with Crippen molar-refractivity contribution < 1.29 is 4.79 Å². The Bertz CT molecular complexity index is 901. The molecule has 0 N–H and O–H groups in total. The van der Waals surface area contributed by atoms with Crippen molar-refractivity contribution in [3.8, 4) is 0 Å². The van der Waals surface area contributed by atoms with Gasteiger partial charge >= 0.3 is 0 Å². The molecule has 29 heavy (non-hydrogen) atoms. The number of hydrogen-bond donors (Lipinski definition) is 0. The van der Waals surface area contributed by atoms with Gasteiger partial charge in [0.25, 0.3) is 5.56 Å². The van der Waals surface area contributed by atoms with Gasteiger partial charge in [-0.1, -0.05) is 37.7 Å². The maximum Gasteiger partial charge on any atom is 0.262 e. The molecule has 7 heteroatoms. The minimum Gasteiger partial charge on any atom is -0.341 e. The van der Waals surface area contributed by atoms with Gasteiger partial charge < -0.3 is 9.80 Å². The maximum absolute atomic E-state index is 13.1. The van der Waals surface area contributed by atoms with E-state index in [4.69, 9.17) is 4.98 Å². The second-order valence-corrected chi connectivity index (χ2v) is 9.50. The number of benzene rings is 1. The molecule has 0 saturated carbocycles. The van der Waals surface area contributed by atoms with Crippen LogP contribution in [-0.4, -0.2) is 64.7 Å². The normalized spacial score (nSPS) is 19.8. The second kappa shape index (κ2) is 9.76. The molecular weight excluding hydrogens is 384 g/mol. The van der Waals surface area contributed by atoms with E-state index < -0.39 is 0 Å². The fourth-order valence-corrected chi connectivity index (χ4v) is 5.01. The zero-order valence-electron chi connectivity index (χ0n) is 17.9. The third-order valence-electron chi connectivity index (χ3n) is 5.36. The Balaban J connectivity index is 1.79. The number of thioether (sulfide) groups is 1. The topological polar surface area (TPSA) is 58.4 Å². The van der Waals surface area contributed by atoms with Gasteiger partial charge in [0, 0.05) is 19.6 Å². The van der Waals surface area contributed by atoms with Crippen LogP contribution in [0.15, 0.2) is 34.2 Å². The standard InChI is InChI=1S/C22H32N4O2S/c1-16-12-17(2)14-25(13-16)20(27)15-29-22-23-19-9-6-5-8-18(19)21(28)26(22)11-7-10-24(3)4/h5-6,8-9,16-17H,7,10-15H2,1-4H3/t16-,17+. The molecule has 0 bridgehead atoms. The molecule has 0 unspecified atom stereocenters. The summed E-state index contributed by atoms with van der Waals surface area (Å²) < 4.78 is 1.74. The lowest BCUT2D eigenvalue weighted by Crippen LogP contribution is -2.43. The van der Waals surface area contributed by atoms with Gasteiger partial charge in [-0.2, -0.15) is 0 Å². The predicted octanol–water partition coefficient (Wildman–Crippen LogP) is 2.94. The Morgan fingerprint density at radius 2 is 1.90 bits per heavy atom. The van der Waals surface area contributed by atoms with Crippen LogP contribution in [-0.2, 0) is 11.3 Å². The summed E-state index contributed by atoms with van der Waals surface area (Å²) >= 11 is 1.39. The largest absolute Gasteiger partial charge is 0.341 e. The quantitative estimate of drug-likeness (QED) is 0.513. The van der Waals surface area contributed by atoms with E-state index in [1.165, 1.54) is 18.2 Å². The van der Waals surface area contributed by atoms with Gasteiger partial charge in [0.1, 0.15) is 0 Å². The van der Waals surface area contributed by atoms with Crippen molar-refractivity contribution in [3.63, 3.8) is 0 Å². The molecule has 1 aliphatic heterocycles. The van der Waals surface area contributed by atoms with Crippen molar-refractivity contribution in [1.29, 1.82) is 0 Å². The van der Waals surface area contributed by atoms with Crippen LogP contribution < -0.4 is 5.56 Å². The molecule has 1 amide bonds. The van der Waals surface area contributed by atoms with Crippen molar-refractivity contribution >= 4 is 28.6 Å².